The van der Waals surface area contributed by atoms with E-state index >= 15 is 4.39 Å². The lowest BCUT2D eigenvalue weighted by atomic mass is 9.68. The molecular weight excluding hydrogens is 322 g/mol. The van der Waals surface area contributed by atoms with Gasteiger partial charge in [0.25, 0.3) is 0 Å². The summed E-state index contributed by atoms with van der Waals surface area (Å²) in [4.78, 5) is 16.4. The number of amides is 1. The molecule has 1 aromatic rings. The van der Waals surface area contributed by atoms with Crippen LogP contribution in [0.1, 0.15) is 49.7 Å². The van der Waals surface area contributed by atoms with E-state index in [1.807, 2.05) is 4.90 Å². The van der Waals surface area contributed by atoms with Gasteiger partial charge < -0.3 is 4.90 Å². The number of halogens is 2. The van der Waals surface area contributed by atoms with Crippen molar-refractivity contribution in [2.75, 3.05) is 26.2 Å². The maximum absolute atomic E-state index is 15.1. The maximum Gasteiger partial charge on any atom is 0.225 e. The summed E-state index contributed by atoms with van der Waals surface area (Å²) in [5.74, 6) is -0.483. The molecule has 1 aliphatic carbocycles. The van der Waals surface area contributed by atoms with E-state index < -0.39 is 5.67 Å². The zero-order chi connectivity index (χ0) is 17.4. The van der Waals surface area contributed by atoms with Crippen LogP contribution in [-0.4, -0.2) is 41.9 Å². The van der Waals surface area contributed by atoms with Gasteiger partial charge in [0.2, 0.25) is 5.91 Å². The molecule has 3 nitrogen and oxygen atoms in total. The zero-order valence-corrected chi connectivity index (χ0v) is 14.6. The topological polar surface area (TPSA) is 23.6 Å². The van der Waals surface area contributed by atoms with Crippen LogP contribution >= 0.6 is 0 Å². The minimum absolute atomic E-state index is 0.0805. The Morgan fingerprint density at radius 1 is 1.08 bits per heavy atom. The largest absolute Gasteiger partial charge is 0.342 e. The van der Waals surface area contributed by atoms with Gasteiger partial charge in [-0.3, -0.25) is 9.69 Å². The summed E-state index contributed by atoms with van der Waals surface area (Å²) in [6.45, 7) is 4.22. The van der Waals surface area contributed by atoms with Gasteiger partial charge in [0.05, 0.1) is 0 Å². The third kappa shape index (κ3) is 3.31. The molecule has 0 N–H and O–H groups in total. The summed E-state index contributed by atoms with van der Waals surface area (Å²) in [5.41, 5.74) is -0.522. The number of rotatable bonds is 4. The van der Waals surface area contributed by atoms with Crippen molar-refractivity contribution in [1.82, 2.24) is 9.80 Å². The standard InChI is InChI=1S/C20H26F2N2O/c21-18-11-17(6-5-15(18)14-23-7-1-2-8-23)20(22)12-16(13-20)19(25)24-9-3-4-10-24/h5-6,11,16H,1-4,7-10,12-14H2/t16-,20+. The van der Waals surface area contributed by atoms with E-state index in [0.717, 1.165) is 39.0 Å². The van der Waals surface area contributed by atoms with Gasteiger partial charge in [0, 0.05) is 31.1 Å². The highest BCUT2D eigenvalue weighted by molar-refractivity contribution is 5.80. The number of carbonyl (C=O) groups is 1. The first-order valence-corrected chi connectivity index (χ1v) is 9.54. The maximum atomic E-state index is 15.1. The predicted octanol–water partition coefficient (Wildman–Crippen LogP) is 3.62. The van der Waals surface area contributed by atoms with E-state index in [4.69, 9.17) is 0 Å². The molecule has 0 unspecified atom stereocenters. The van der Waals surface area contributed by atoms with Crippen LogP contribution in [-0.2, 0) is 17.0 Å². The van der Waals surface area contributed by atoms with Crippen LogP contribution in [0.15, 0.2) is 18.2 Å². The molecule has 1 amide bonds. The Labute approximate surface area is 148 Å². The van der Waals surface area contributed by atoms with E-state index in [1.165, 1.54) is 18.9 Å². The number of likely N-dealkylation sites (tertiary alicyclic amines) is 2. The molecule has 1 saturated carbocycles. The summed E-state index contributed by atoms with van der Waals surface area (Å²) >= 11 is 0. The fraction of sp³-hybridized carbons (Fsp3) is 0.650. The smallest absolute Gasteiger partial charge is 0.225 e. The molecule has 25 heavy (non-hydrogen) atoms. The van der Waals surface area contributed by atoms with E-state index in [0.29, 0.717) is 17.7 Å². The first-order valence-electron chi connectivity index (χ1n) is 9.54. The quantitative estimate of drug-likeness (QED) is 0.830. The Kier molecular flexibility index (Phi) is 4.52. The normalized spacial score (nSPS) is 29.8. The number of nitrogens with zero attached hydrogens (tertiary/aromatic N) is 2. The van der Waals surface area contributed by atoms with Gasteiger partial charge in [-0.2, -0.15) is 0 Å². The highest BCUT2D eigenvalue weighted by atomic mass is 19.1. The molecule has 0 aromatic heterocycles. The fourth-order valence-electron chi connectivity index (χ4n) is 4.46. The number of alkyl halides is 1. The van der Waals surface area contributed by atoms with Gasteiger partial charge in [-0.1, -0.05) is 12.1 Å². The number of hydrogen-bond donors (Lipinski definition) is 0. The number of benzene rings is 1. The van der Waals surface area contributed by atoms with Crippen LogP contribution < -0.4 is 0 Å². The van der Waals surface area contributed by atoms with Crippen LogP contribution in [0.25, 0.3) is 0 Å². The second-order valence-electron chi connectivity index (χ2n) is 7.89. The van der Waals surface area contributed by atoms with Crippen LogP contribution in [0.2, 0.25) is 0 Å². The highest BCUT2D eigenvalue weighted by Gasteiger charge is 2.50. The summed E-state index contributed by atoms with van der Waals surface area (Å²) in [7, 11) is 0. The Hall–Kier alpha value is -1.49. The molecule has 1 aromatic carbocycles. The van der Waals surface area contributed by atoms with Crippen molar-refractivity contribution < 1.29 is 13.6 Å². The van der Waals surface area contributed by atoms with Gasteiger partial charge in [-0.25, -0.2) is 8.78 Å². The monoisotopic (exact) mass is 348 g/mol. The molecule has 136 valence electrons. The SMILES string of the molecule is O=C([C@H]1C[C@](F)(c2ccc(CN3CCCC3)c(F)c2)C1)N1CCCC1. The number of hydrogen-bond acceptors (Lipinski definition) is 2. The second kappa shape index (κ2) is 6.67. The van der Waals surface area contributed by atoms with Crippen LogP contribution in [0, 0.1) is 11.7 Å². The Morgan fingerprint density at radius 2 is 1.72 bits per heavy atom. The van der Waals surface area contributed by atoms with Gasteiger partial charge >= 0.3 is 0 Å². The lowest BCUT2D eigenvalue weighted by molar-refractivity contribution is -0.144. The highest BCUT2D eigenvalue weighted by Crippen LogP contribution is 2.50. The molecule has 3 fully saturated rings. The summed E-state index contributed by atoms with van der Waals surface area (Å²) in [5, 5.41) is 0. The van der Waals surface area contributed by atoms with Gasteiger partial charge in [0.15, 0.2) is 0 Å². The van der Waals surface area contributed by atoms with Crippen LogP contribution in [0.5, 0.6) is 0 Å². The van der Waals surface area contributed by atoms with Crippen molar-refractivity contribution in [3.8, 4) is 0 Å². The molecular formula is C20H26F2N2O. The van der Waals surface area contributed by atoms with E-state index in [9.17, 15) is 9.18 Å². The Bertz CT molecular complexity index is 645. The van der Waals surface area contributed by atoms with E-state index in [1.54, 1.807) is 12.1 Å². The molecule has 2 heterocycles. The third-order valence-electron chi connectivity index (χ3n) is 6.07. The minimum atomic E-state index is -1.55. The van der Waals surface area contributed by atoms with Crippen LogP contribution in [0.3, 0.4) is 0 Å². The molecule has 0 bridgehead atoms. The fourth-order valence-corrected chi connectivity index (χ4v) is 4.46. The first kappa shape index (κ1) is 17.0. The van der Waals surface area contributed by atoms with Crippen molar-refractivity contribution in [1.29, 1.82) is 0 Å². The number of carbonyl (C=O) groups excluding carboxylic acids is 1. The summed E-state index contributed by atoms with van der Waals surface area (Å²) in [6, 6.07) is 4.78. The molecule has 2 aliphatic heterocycles. The molecule has 4 rings (SSSR count). The van der Waals surface area contributed by atoms with Gasteiger partial charge in [-0.05, 0) is 63.2 Å². The van der Waals surface area contributed by atoms with Crippen molar-refractivity contribution in [3.63, 3.8) is 0 Å². The Morgan fingerprint density at radius 3 is 2.36 bits per heavy atom. The van der Waals surface area contributed by atoms with Gasteiger partial charge in [0.1, 0.15) is 11.5 Å². The minimum Gasteiger partial charge on any atom is -0.342 e. The average Bonchev–Trinajstić information content (AvgIpc) is 3.26. The van der Waals surface area contributed by atoms with Crippen molar-refractivity contribution >= 4 is 5.91 Å². The molecule has 5 heteroatoms. The average molecular weight is 348 g/mol. The molecule has 0 radical (unpaired) electrons. The second-order valence-corrected chi connectivity index (χ2v) is 7.89. The van der Waals surface area contributed by atoms with Crippen molar-refractivity contribution in [2.45, 2.75) is 50.7 Å². The predicted molar refractivity (Wildman–Crippen MR) is 92.2 cm³/mol. The zero-order valence-electron chi connectivity index (χ0n) is 14.6. The molecule has 0 atom stereocenters. The molecule has 2 saturated heterocycles. The molecule has 3 aliphatic rings. The lowest BCUT2D eigenvalue weighted by Gasteiger charge is -2.42. The van der Waals surface area contributed by atoms with Gasteiger partial charge in [-0.15, -0.1) is 0 Å². The lowest BCUT2D eigenvalue weighted by Crippen LogP contribution is -2.46. The Balaban J connectivity index is 1.40. The first-order chi connectivity index (χ1) is 12.0. The van der Waals surface area contributed by atoms with Crippen molar-refractivity contribution in [3.05, 3.63) is 35.1 Å². The van der Waals surface area contributed by atoms with E-state index in [-0.39, 0.29) is 30.5 Å². The van der Waals surface area contributed by atoms with Crippen LogP contribution in [0.4, 0.5) is 8.78 Å². The summed E-state index contributed by atoms with van der Waals surface area (Å²) < 4.78 is 29.5. The summed E-state index contributed by atoms with van der Waals surface area (Å²) in [6.07, 6.45) is 4.80. The van der Waals surface area contributed by atoms with E-state index in [2.05, 4.69) is 4.90 Å². The molecule has 0 spiro atoms. The third-order valence-corrected chi connectivity index (χ3v) is 6.07. The van der Waals surface area contributed by atoms with Crippen molar-refractivity contribution in [2.24, 2.45) is 5.92 Å².